The number of unbranched alkanes of at least 4 members (excludes halogenated alkanes) is 2. The second kappa shape index (κ2) is 8.92. The number of hydrogen-bond donors (Lipinski definition) is 0. The van der Waals surface area contributed by atoms with Gasteiger partial charge in [0.05, 0.1) is 11.5 Å². The number of rotatable bonds is 9. The summed E-state index contributed by atoms with van der Waals surface area (Å²) in [5, 5.41) is 10.6. The SMILES string of the molecule is CCCCCC(C(=O)OCC)C(=O)c1ccc([N+](=O)[O-])cc1. The lowest BCUT2D eigenvalue weighted by Crippen LogP contribution is -2.26. The minimum atomic E-state index is -0.840. The summed E-state index contributed by atoms with van der Waals surface area (Å²) in [4.78, 5) is 34.5. The second-order valence-electron chi connectivity index (χ2n) is 4.97. The molecule has 22 heavy (non-hydrogen) atoms. The molecule has 1 aromatic rings. The Morgan fingerprint density at radius 2 is 1.82 bits per heavy atom. The molecule has 120 valence electrons. The number of hydrogen-bond acceptors (Lipinski definition) is 5. The third-order valence-electron chi connectivity index (χ3n) is 3.35. The molecule has 6 nitrogen and oxygen atoms in total. The van der Waals surface area contributed by atoms with E-state index < -0.39 is 16.8 Å². The first-order valence-corrected chi connectivity index (χ1v) is 7.46. The van der Waals surface area contributed by atoms with Gasteiger partial charge in [-0.3, -0.25) is 19.7 Å². The fourth-order valence-electron chi connectivity index (χ4n) is 2.15. The monoisotopic (exact) mass is 307 g/mol. The molecule has 1 unspecified atom stereocenters. The molecule has 0 aliphatic rings. The Morgan fingerprint density at radius 1 is 1.18 bits per heavy atom. The van der Waals surface area contributed by atoms with E-state index in [0.717, 1.165) is 19.3 Å². The van der Waals surface area contributed by atoms with Crippen molar-refractivity contribution in [2.45, 2.75) is 39.5 Å². The summed E-state index contributed by atoms with van der Waals surface area (Å²) in [6, 6.07) is 5.29. The molecule has 0 aliphatic heterocycles. The van der Waals surface area contributed by atoms with Crippen LogP contribution in [0.1, 0.15) is 49.9 Å². The average molecular weight is 307 g/mol. The van der Waals surface area contributed by atoms with Crippen molar-refractivity contribution in [1.82, 2.24) is 0 Å². The summed E-state index contributed by atoms with van der Waals surface area (Å²) < 4.78 is 4.97. The lowest BCUT2D eigenvalue weighted by molar-refractivity contribution is -0.384. The van der Waals surface area contributed by atoms with Crippen LogP contribution in [-0.2, 0) is 9.53 Å². The van der Waals surface area contributed by atoms with Crippen molar-refractivity contribution in [3.8, 4) is 0 Å². The first kappa shape index (κ1) is 17.8. The van der Waals surface area contributed by atoms with E-state index in [1.54, 1.807) is 6.92 Å². The zero-order valence-corrected chi connectivity index (χ0v) is 12.9. The number of esters is 1. The maximum Gasteiger partial charge on any atom is 0.316 e. The number of carbonyl (C=O) groups excluding carboxylic acids is 2. The number of carbonyl (C=O) groups is 2. The van der Waals surface area contributed by atoms with Crippen LogP contribution in [0.15, 0.2) is 24.3 Å². The van der Waals surface area contributed by atoms with E-state index in [1.165, 1.54) is 24.3 Å². The highest BCUT2D eigenvalue weighted by Crippen LogP contribution is 2.20. The van der Waals surface area contributed by atoms with Crippen molar-refractivity contribution >= 4 is 17.4 Å². The predicted molar refractivity (Wildman–Crippen MR) is 81.7 cm³/mol. The number of non-ortho nitro benzene ring substituents is 1. The molecule has 6 heteroatoms. The van der Waals surface area contributed by atoms with Crippen molar-refractivity contribution in [1.29, 1.82) is 0 Å². The summed E-state index contributed by atoms with van der Waals surface area (Å²) in [7, 11) is 0. The van der Waals surface area contributed by atoms with Crippen LogP contribution in [-0.4, -0.2) is 23.3 Å². The summed E-state index contributed by atoms with van der Waals surface area (Å²) >= 11 is 0. The van der Waals surface area contributed by atoms with Crippen LogP contribution in [0.2, 0.25) is 0 Å². The van der Waals surface area contributed by atoms with Crippen LogP contribution in [0.3, 0.4) is 0 Å². The maximum absolute atomic E-state index is 12.5. The Kier molecular flexibility index (Phi) is 7.22. The summed E-state index contributed by atoms with van der Waals surface area (Å²) in [6.45, 7) is 3.95. The topological polar surface area (TPSA) is 86.5 Å². The largest absolute Gasteiger partial charge is 0.465 e. The van der Waals surface area contributed by atoms with Gasteiger partial charge in [0.25, 0.3) is 5.69 Å². The number of benzene rings is 1. The lowest BCUT2D eigenvalue weighted by Gasteiger charge is -2.14. The van der Waals surface area contributed by atoms with E-state index >= 15 is 0 Å². The molecule has 0 amide bonds. The number of nitro groups is 1. The van der Waals surface area contributed by atoms with Crippen molar-refractivity contribution in [3.63, 3.8) is 0 Å². The van der Waals surface area contributed by atoms with Gasteiger partial charge in [-0.05, 0) is 25.5 Å². The van der Waals surface area contributed by atoms with Crippen LogP contribution in [0.4, 0.5) is 5.69 Å². The number of nitro benzene ring substituents is 1. The summed E-state index contributed by atoms with van der Waals surface area (Å²) in [5.74, 6) is -1.71. The van der Waals surface area contributed by atoms with Gasteiger partial charge in [-0.25, -0.2) is 0 Å². The number of ether oxygens (including phenoxy) is 1. The van der Waals surface area contributed by atoms with Gasteiger partial charge < -0.3 is 4.74 Å². The van der Waals surface area contributed by atoms with Crippen molar-refractivity contribution in [2.24, 2.45) is 5.92 Å². The van der Waals surface area contributed by atoms with Gasteiger partial charge >= 0.3 is 5.97 Å². The Balaban J connectivity index is 2.89. The second-order valence-corrected chi connectivity index (χ2v) is 4.97. The maximum atomic E-state index is 12.5. The van der Waals surface area contributed by atoms with Crippen LogP contribution in [0.25, 0.3) is 0 Å². The van der Waals surface area contributed by atoms with E-state index in [1.807, 2.05) is 6.92 Å². The molecule has 0 aliphatic carbocycles. The van der Waals surface area contributed by atoms with Crippen molar-refractivity contribution in [3.05, 3.63) is 39.9 Å². The number of ketones is 1. The molecule has 0 spiro atoms. The van der Waals surface area contributed by atoms with E-state index in [4.69, 9.17) is 4.74 Å². The molecular formula is C16H21NO5. The zero-order valence-electron chi connectivity index (χ0n) is 12.9. The molecule has 0 N–H and O–H groups in total. The average Bonchev–Trinajstić information content (AvgIpc) is 2.51. The van der Waals surface area contributed by atoms with E-state index in [2.05, 4.69) is 0 Å². The Bertz CT molecular complexity index is 524. The Morgan fingerprint density at radius 3 is 2.32 bits per heavy atom. The smallest absolute Gasteiger partial charge is 0.316 e. The zero-order chi connectivity index (χ0) is 16.5. The molecule has 0 saturated carbocycles. The lowest BCUT2D eigenvalue weighted by atomic mass is 9.92. The Labute approximate surface area is 129 Å². The van der Waals surface area contributed by atoms with Gasteiger partial charge in [-0.15, -0.1) is 0 Å². The molecule has 0 fully saturated rings. The van der Waals surface area contributed by atoms with Gasteiger partial charge in [-0.1, -0.05) is 26.2 Å². The molecule has 1 atom stereocenters. The summed E-state index contributed by atoms with van der Waals surface area (Å²) in [5.41, 5.74) is 0.204. The van der Waals surface area contributed by atoms with Crippen LogP contribution < -0.4 is 0 Å². The van der Waals surface area contributed by atoms with Crippen molar-refractivity contribution in [2.75, 3.05) is 6.61 Å². The summed E-state index contributed by atoms with van der Waals surface area (Å²) in [6.07, 6.45) is 3.12. The van der Waals surface area contributed by atoms with E-state index in [0.29, 0.717) is 12.0 Å². The molecule has 1 rings (SSSR count). The minimum absolute atomic E-state index is 0.0878. The van der Waals surface area contributed by atoms with Gasteiger partial charge in [0, 0.05) is 17.7 Å². The normalized spacial score (nSPS) is 11.7. The molecule has 0 radical (unpaired) electrons. The van der Waals surface area contributed by atoms with E-state index in [-0.39, 0.29) is 18.1 Å². The molecule has 0 bridgehead atoms. The van der Waals surface area contributed by atoms with Crippen LogP contribution >= 0.6 is 0 Å². The molecule has 0 saturated heterocycles. The van der Waals surface area contributed by atoms with Crippen LogP contribution in [0.5, 0.6) is 0 Å². The molecule has 0 aromatic heterocycles. The highest BCUT2D eigenvalue weighted by Gasteiger charge is 2.28. The molecule has 1 aromatic carbocycles. The third kappa shape index (κ3) is 4.95. The Hall–Kier alpha value is -2.24. The van der Waals surface area contributed by atoms with Gasteiger partial charge in [0.1, 0.15) is 5.92 Å². The molecular weight excluding hydrogens is 286 g/mol. The number of nitrogens with zero attached hydrogens (tertiary/aromatic N) is 1. The predicted octanol–water partition coefficient (Wildman–Crippen LogP) is 3.54. The van der Waals surface area contributed by atoms with Crippen molar-refractivity contribution < 1.29 is 19.2 Å². The van der Waals surface area contributed by atoms with Gasteiger partial charge in [0.2, 0.25) is 0 Å². The number of Topliss-reactive ketones (excluding diaryl/α,β-unsaturated/α-hetero) is 1. The standard InChI is InChI=1S/C16H21NO5/c1-3-5-6-7-14(16(19)22-4-2)15(18)12-8-10-13(11-9-12)17(20)21/h8-11,14H,3-7H2,1-2H3. The van der Waals surface area contributed by atoms with Gasteiger partial charge in [-0.2, -0.15) is 0 Å². The third-order valence-corrected chi connectivity index (χ3v) is 3.35. The quantitative estimate of drug-likeness (QED) is 0.174. The van der Waals surface area contributed by atoms with E-state index in [9.17, 15) is 19.7 Å². The fraction of sp³-hybridized carbons (Fsp3) is 0.500. The van der Waals surface area contributed by atoms with Crippen LogP contribution in [0, 0.1) is 16.0 Å². The first-order chi connectivity index (χ1) is 10.5. The highest BCUT2D eigenvalue weighted by atomic mass is 16.6. The first-order valence-electron chi connectivity index (χ1n) is 7.46. The minimum Gasteiger partial charge on any atom is -0.465 e. The highest BCUT2D eigenvalue weighted by molar-refractivity contribution is 6.08. The molecule has 0 heterocycles. The fourth-order valence-corrected chi connectivity index (χ4v) is 2.15. The van der Waals surface area contributed by atoms with Gasteiger partial charge in [0.15, 0.2) is 5.78 Å².